The van der Waals surface area contributed by atoms with Crippen molar-refractivity contribution in [3.8, 4) is 0 Å². The van der Waals surface area contributed by atoms with Gasteiger partial charge in [-0.3, -0.25) is 4.79 Å². The van der Waals surface area contributed by atoms with Crippen LogP contribution in [0.15, 0.2) is 24.3 Å². The third-order valence-electron chi connectivity index (χ3n) is 3.81. The van der Waals surface area contributed by atoms with E-state index in [0.29, 0.717) is 6.04 Å². The zero-order chi connectivity index (χ0) is 13.1. The lowest BCUT2D eigenvalue weighted by Gasteiger charge is -2.32. The summed E-state index contributed by atoms with van der Waals surface area (Å²) in [6.07, 6.45) is 3.27. The maximum atomic E-state index is 13.6. The average Bonchev–Trinajstić information content (AvgIpc) is 2.37. The van der Waals surface area contributed by atoms with E-state index in [9.17, 15) is 9.18 Å². The van der Waals surface area contributed by atoms with Gasteiger partial charge in [0.1, 0.15) is 5.82 Å². The summed E-state index contributed by atoms with van der Waals surface area (Å²) in [6.45, 7) is 4.02. The Kier molecular flexibility index (Phi) is 4.12. The highest BCUT2D eigenvalue weighted by Gasteiger charge is 2.29. The molecule has 3 atom stereocenters. The second-order valence-electron chi connectivity index (χ2n) is 5.24. The van der Waals surface area contributed by atoms with E-state index in [0.717, 1.165) is 19.3 Å². The Labute approximate surface area is 108 Å². The summed E-state index contributed by atoms with van der Waals surface area (Å²) in [4.78, 5) is 12.3. The molecule has 0 aliphatic carbocycles. The second-order valence-corrected chi connectivity index (χ2v) is 5.24. The molecule has 18 heavy (non-hydrogen) atoms. The summed E-state index contributed by atoms with van der Waals surface area (Å²) in [5, 5.41) is 3.44. The molecule has 1 saturated heterocycles. The van der Waals surface area contributed by atoms with Gasteiger partial charge in [-0.25, -0.2) is 4.39 Å². The molecule has 0 amide bonds. The van der Waals surface area contributed by atoms with E-state index in [1.165, 1.54) is 6.07 Å². The second kappa shape index (κ2) is 5.61. The summed E-state index contributed by atoms with van der Waals surface area (Å²) >= 11 is 0. The van der Waals surface area contributed by atoms with Gasteiger partial charge >= 0.3 is 0 Å². The van der Waals surface area contributed by atoms with Crippen LogP contribution in [-0.2, 0) is 0 Å². The summed E-state index contributed by atoms with van der Waals surface area (Å²) in [7, 11) is 0. The van der Waals surface area contributed by atoms with Gasteiger partial charge in [0.2, 0.25) is 0 Å². The summed E-state index contributed by atoms with van der Waals surface area (Å²) in [5.74, 6) is -0.692. The van der Waals surface area contributed by atoms with E-state index in [1.54, 1.807) is 18.2 Å². The molecule has 2 nitrogen and oxygen atoms in total. The van der Waals surface area contributed by atoms with Crippen molar-refractivity contribution in [1.82, 2.24) is 5.32 Å². The molecule has 98 valence electrons. The lowest BCUT2D eigenvalue weighted by molar-refractivity contribution is 0.0880. The van der Waals surface area contributed by atoms with Crippen LogP contribution in [0.4, 0.5) is 4.39 Å². The number of hydrogen-bond acceptors (Lipinski definition) is 2. The molecule has 1 aromatic carbocycles. The molecule has 1 aliphatic rings. The molecule has 1 aromatic rings. The number of ketones is 1. The third-order valence-corrected chi connectivity index (χ3v) is 3.81. The highest BCUT2D eigenvalue weighted by Crippen LogP contribution is 2.22. The Morgan fingerprint density at radius 1 is 1.39 bits per heavy atom. The summed E-state index contributed by atoms with van der Waals surface area (Å²) in [5.41, 5.74) is 0.213. The fraction of sp³-hybridized carbons (Fsp3) is 0.533. The molecule has 1 aliphatic heterocycles. The van der Waals surface area contributed by atoms with Gasteiger partial charge in [0.05, 0.1) is 5.56 Å². The highest BCUT2D eigenvalue weighted by atomic mass is 19.1. The Balaban J connectivity index is 2.11. The van der Waals surface area contributed by atoms with Gasteiger partial charge in [-0.15, -0.1) is 0 Å². The van der Waals surface area contributed by atoms with Crippen molar-refractivity contribution in [2.75, 3.05) is 0 Å². The Morgan fingerprint density at radius 2 is 2.11 bits per heavy atom. The molecular weight excluding hydrogens is 229 g/mol. The first-order valence-electron chi connectivity index (χ1n) is 6.64. The van der Waals surface area contributed by atoms with Gasteiger partial charge in [-0.05, 0) is 31.9 Å². The Bertz CT molecular complexity index is 432. The predicted molar refractivity (Wildman–Crippen MR) is 70.1 cm³/mol. The topological polar surface area (TPSA) is 29.1 Å². The van der Waals surface area contributed by atoms with E-state index in [4.69, 9.17) is 0 Å². The largest absolute Gasteiger partial charge is 0.311 e. The number of piperidine rings is 1. The molecule has 3 heteroatoms. The predicted octanol–water partition coefficient (Wildman–Crippen LogP) is 3.18. The van der Waals surface area contributed by atoms with Crippen molar-refractivity contribution in [1.29, 1.82) is 0 Å². The van der Waals surface area contributed by atoms with Crippen LogP contribution in [-0.4, -0.2) is 17.9 Å². The number of benzene rings is 1. The van der Waals surface area contributed by atoms with Crippen LogP contribution >= 0.6 is 0 Å². The molecule has 0 saturated carbocycles. The normalized spacial score (nSPS) is 25.7. The van der Waals surface area contributed by atoms with Crippen LogP contribution in [0.3, 0.4) is 0 Å². The lowest BCUT2D eigenvalue weighted by atomic mass is 9.86. The summed E-state index contributed by atoms with van der Waals surface area (Å²) < 4.78 is 13.6. The highest BCUT2D eigenvalue weighted by molar-refractivity contribution is 5.98. The molecule has 3 unspecified atom stereocenters. The van der Waals surface area contributed by atoms with Crippen molar-refractivity contribution in [2.24, 2.45) is 5.92 Å². The van der Waals surface area contributed by atoms with Gasteiger partial charge in [0, 0.05) is 18.0 Å². The van der Waals surface area contributed by atoms with Crippen molar-refractivity contribution < 1.29 is 9.18 Å². The molecular formula is C15H20FNO. The Hall–Kier alpha value is -1.22. The average molecular weight is 249 g/mol. The number of carbonyl (C=O) groups excluding carboxylic acids is 1. The first-order chi connectivity index (χ1) is 8.59. The first kappa shape index (κ1) is 13.2. The number of nitrogens with one attached hydrogen (secondary N) is 1. The van der Waals surface area contributed by atoms with Crippen molar-refractivity contribution >= 4 is 5.78 Å². The standard InChI is InChI=1S/C15H20FNO/c1-10-6-5-9-14(17-10)11(2)15(18)12-7-3-4-8-13(12)16/h3-4,7-8,10-11,14,17H,5-6,9H2,1-2H3. The van der Waals surface area contributed by atoms with Crippen molar-refractivity contribution in [3.63, 3.8) is 0 Å². The molecule has 0 aromatic heterocycles. The van der Waals surface area contributed by atoms with Gasteiger partial charge < -0.3 is 5.32 Å². The van der Waals surface area contributed by atoms with Crippen molar-refractivity contribution in [3.05, 3.63) is 35.6 Å². The number of rotatable bonds is 3. The van der Waals surface area contributed by atoms with E-state index < -0.39 is 5.82 Å². The fourth-order valence-corrected chi connectivity index (χ4v) is 2.66. The van der Waals surface area contributed by atoms with Crippen LogP contribution in [0, 0.1) is 11.7 Å². The van der Waals surface area contributed by atoms with E-state index in [2.05, 4.69) is 12.2 Å². The number of halogens is 1. The fourth-order valence-electron chi connectivity index (χ4n) is 2.66. The third kappa shape index (κ3) is 2.78. The number of hydrogen-bond donors (Lipinski definition) is 1. The van der Waals surface area contributed by atoms with Crippen LogP contribution in [0.5, 0.6) is 0 Å². The maximum Gasteiger partial charge on any atom is 0.170 e. The summed E-state index contributed by atoms with van der Waals surface area (Å²) in [6, 6.07) is 6.84. The van der Waals surface area contributed by atoms with Gasteiger partial charge in [-0.2, -0.15) is 0 Å². The van der Waals surface area contributed by atoms with E-state index >= 15 is 0 Å². The molecule has 1 fully saturated rings. The molecule has 0 spiro atoms. The number of Topliss-reactive ketones (excluding diaryl/α,β-unsaturated/α-hetero) is 1. The van der Waals surface area contributed by atoms with Crippen LogP contribution in [0.1, 0.15) is 43.5 Å². The molecule has 1 heterocycles. The first-order valence-corrected chi connectivity index (χ1v) is 6.64. The molecule has 1 N–H and O–H groups in total. The van der Waals surface area contributed by atoms with Crippen LogP contribution in [0.25, 0.3) is 0 Å². The Morgan fingerprint density at radius 3 is 2.78 bits per heavy atom. The monoisotopic (exact) mass is 249 g/mol. The minimum Gasteiger partial charge on any atom is -0.311 e. The minimum absolute atomic E-state index is 0.0975. The molecule has 0 bridgehead atoms. The SMILES string of the molecule is CC1CCCC(C(C)C(=O)c2ccccc2F)N1. The minimum atomic E-state index is -0.418. The van der Waals surface area contributed by atoms with E-state index in [1.807, 2.05) is 6.92 Å². The van der Waals surface area contributed by atoms with Crippen LogP contribution < -0.4 is 5.32 Å². The van der Waals surface area contributed by atoms with E-state index in [-0.39, 0.29) is 23.3 Å². The van der Waals surface area contributed by atoms with Gasteiger partial charge in [-0.1, -0.05) is 25.5 Å². The lowest BCUT2D eigenvalue weighted by Crippen LogP contribution is -2.46. The van der Waals surface area contributed by atoms with Crippen molar-refractivity contribution in [2.45, 2.75) is 45.2 Å². The van der Waals surface area contributed by atoms with Gasteiger partial charge in [0.25, 0.3) is 0 Å². The molecule has 2 rings (SSSR count). The quantitative estimate of drug-likeness (QED) is 0.834. The van der Waals surface area contributed by atoms with Gasteiger partial charge in [0.15, 0.2) is 5.78 Å². The molecule has 0 radical (unpaired) electrons. The maximum absolute atomic E-state index is 13.6. The van der Waals surface area contributed by atoms with Crippen LogP contribution in [0.2, 0.25) is 0 Å². The number of carbonyl (C=O) groups is 1. The zero-order valence-corrected chi connectivity index (χ0v) is 10.9. The smallest absolute Gasteiger partial charge is 0.170 e. The zero-order valence-electron chi connectivity index (χ0n) is 10.9.